The van der Waals surface area contributed by atoms with Crippen LogP contribution in [-0.2, 0) is 9.59 Å². The Morgan fingerprint density at radius 2 is 2.03 bits per heavy atom. The molecule has 3 aromatic rings. The van der Waals surface area contributed by atoms with Gasteiger partial charge in [0.2, 0.25) is 5.91 Å². The second kappa shape index (κ2) is 7.33. The molecule has 1 unspecified atom stereocenters. The molecule has 2 N–H and O–H groups in total. The van der Waals surface area contributed by atoms with Crippen LogP contribution in [0.5, 0.6) is 0 Å². The molecule has 1 aliphatic rings. The zero-order chi connectivity index (χ0) is 20.7. The molecule has 0 bridgehead atoms. The number of nitrogens with zero attached hydrogens (tertiary/aromatic N) is 2. The molecule has 0 aliphatic carbocycles. The number of allylic oxidation sites excluding steroid dienone is 1. The fourth-order valence-electron chi connectivity index (χ4n) is 3.59. The minimum absolute atomic E-state index is 0.0543. The monoisotopic (exact) mass is 412 g/mol. The van der Waals surface area contributed by atoms with Crippen molar-refractivity contribution < 1.29 is 14.0 Å². The summed E-state index contributed by atoms with van der Waals surface area (Å²) < 4.78 is 14.5. The molecule has 29 heavy (non-hydrogen) atoms. The van der Waals surface area contributed by atoms with Gasteiger partial charge in [0.25, 0.3) is 5.91 Å². The van der Waals surface area contributed by atoms with Gasteiger partial charge in [-0.2, -0.15) is 5.10 Å². The summed E-state index contributed by atoms with van der Waals surface area (Å²) in [5.74, 6) is -1.57. The van der Waals surface area contributed by atoms with Crippen LogP contribution in [0.3, 0.4) is 0 Å². The summed E-state index contributed by atoms with van der Waals surface area (Å²) in [6.45, 7) is 1.71. The Kier molecular flexibility index (Phi) is 4.84. The smallest absolute Gasteiger partial charge is 0.254 e. The second-order valence-corrected chi connectivity index (χ2v) is 7.44. The molecule has 0 radical (unpaired) electrons. The van der Waals surface area contributed by atoms with E-state index in [0.717, 1.165) is 5.56 Å². The molecular weight excluding hydrogens is 395 g/mol. The third-order valence-corrected chi connectivity index (χ3v) is 5.54. The molecule has 1 aliphatic heterocycles. The second-order valence-electron chi connectivity index (χ2n) is 7.00. The number of amides is 2. The highest BCUT2D eigenvalue weighted by molar-refractivity contribution is 6.30. The van der Waals surface area contributed by atoms with Crippen LogP contribution in [-0.4, -0.2) is 34.0 Å². The van der Waals surface area contributed by atoms with E-state index in [-0.39, 0.29) is 18.0 Å². The maximum Gasteiger partial charge on any atom is 0.254 e. The van der Waals surface area contributed by atoms with E-state index in [9.17, 15) is 14.0 Å². The van der Waals surface area contributed by atoms with Gasteiger partial charge in [0.15, 0.2) is 0 Å². The van der Waals surface area contributed by atoms with Gasteiger partial charge in [0, 0.05) is 47.1 Å². The first-order chi connectivity index (χ1) is 13.8. The molecule has 1 atom stereocenters. The number of rotatable bonds is 3. The summed E-state index contributed by atoms with van der Waals surface area (Å²) in [5.41, 5.74) is 2.34. The number of anilines is 1. The van der Waals surface area contributed by atoms with Gasteiger partial charge in [0.1, 0.15) is 5.82 Å². The number of nitrogens with one attached hydrogen (secondary N) is 2. The highest BCUT2D eigenvalue weighted by atomic mass is 35.5. The summed E-state index contributed by atoms with van der Waals surface area (Å²) in [7, 11) is 1.63. The number of fused-ring (bicyclic) bond motifs is 1. The van der Waals surface area contributed by atoms with E-state index in [0.29, 0.717) is 27.2 Å². The molecule has 148 valence electrons. The van der Waals surface area contributed by atoms with Crippen LogP contribution in [0.2, 0.25) is 5.02 Å². The molecule has 0 fully saturated rings. The average molecular weight is 413 g/mol. The number of halogens is 2. The topological polar surface area (TPSA) is 78.1 Å². The zero-order valence-corrected chi connectivity index (χ0v) is 16.5. The Balaban J connectivity index is 1.73. The zero-order valence-electron chi connectivity index (χ0n) is 15.8. The van der Waals surface area contributed by atoms with E-state index < -0.39 is 17.6 Å². The molecule has 0 spiro atoms. The fourth-order valence-corrected chi connectivity index (χ4v) is 3.71. The summed E-state index contributed by atoms with van der Waals surface area (Å²) in [6, 6.07) is 9.84. The number of carbonyl (C=O) groups excluding carboxylic acids is 2. The van der Waals surface area contributed by atoms with Crippen LogP contribution >= 0.6 is 11.6 Å². The predicted molar refractivity (Wildman–Crippen MR) is 109 cm³/mol. The first kappa shape index (κ1) is 19.1. The third kappa shape index (κ3) is 3.49. The number of hydrogen-bond donors (Lipinski definition) is 2. The van der Waals surface area contributed by atoms with E-state index in [1.165, 1.54) is 17.0 Å². The quantitative estimate of drug-likeness (QED) is 0.676. The van der Waals surface area contributed by atoms with Crippen molar-refractivity contribution in [3.8, 4) is 0 Å². The third-order valence-electron chi connectivity index (χ3n) is 5.29. The van der Waals surface area contributed by atoms with Gasteiger partial charge < -0.3 is 10.2 Å². The van der Waals surface area contributed by atoms with Crippen LogP contribution in [0.15, 0.2) is 53.9 Å². The lowest BCUT2D eigenvalue weighted by molar-refractivity contribution is -0.129. The SMILES string of the molecule is CC1=C(C(=O)Nc2cc3cn[nH]c3cc2F)C(c2ccc(Cl)cc2)CC(=O)N1C. The molecule has 2 aromatic carbocycles. The molecule has 8 heteroatoms. The lowest BCUT2D eigenvalue weighted by Gasteiger charge is -2.32. The van der Waals surface area contributed by atoms with E-state index in [2.05, 4.69) is 15.5 Å². The van der Waals surface area contributed by atoms with E-state index in [4.69, 9.17) is 11.6 Å². The maximum absolute atomic E-state index is 14.5. The number of H-pyrrole nitrogens is 1. The standard InChI is InChI=1S/C21H18ClFN4O2/c1-11-20(15(8-19(28)27(11)2)12-3-5-14(22)6-4-12)21(29)25-18-7-13-10-24-26-17(13)9-16(18)23/h3-7,9-10,15H,8H2,1-2H3,(H,24,26)(H,25,29). The highest BCUT2D eigenvalue weighted by Gasteiger charge is 2.34. The summed E-state index contributed by atoms with van der Waals surface area (Å²) in [4.78, 5) is 27.1. The van der Waals surface area contributed by atoms with Crippen molar-refractivity contribution in [2.24, 2.45) is 0 Å². The fraction of sp³-hybridized carbons (Fsp3) is 0.190. The Hall–Kier alpha value is -3.19. The minimum Gasteiger partial charge on any atom is -0.320 e. The number of hydrogen-bond acceptors (Lipinski definition) is 3. The lowest BCUT2D eigenvalue weighted by Crippen LogP contribution is -2.36. The predicted octanol–water partition coefficient (Wildman–Crippen LogP) is 4.21. The molecule has 4 rings (SSSR count). The normalized spacial score (nSPS) is 17.2. The summed E-state index contributed by atoms with van der Waals surface area (Å²) >= 11 is 5.98. The van der Waals surface area contributed by atoms with Crippen LogP contribution in [0.25, 0.3) is 10.9 Å². The van der Waals surface area contributed by atoms with Crippen molar-refractivity contribution in [2.75, 3.05) is 12.4 Å². The van der Waals surface area contributed by atoms with Crippen molar-refractivity contribution in [1.29, 1.82) is 0 Å². The molecule has 0 saturated carbocycles. The average Bonchev–Trinajstić information content (AvgIpc) is 3.13. The highest BCUT2D eigenvalue weighted by Crippen LogP contribution is 2.37. The first-order valence-corrected chi connectivity index (χ1v) is 9.39. The number of aromatic nitrogens is 2. The van der Waals surface area contributed by atoms with E-state index in [1.807, 2.05) is 0 Å². The van der Waals surface area contributed by atoms with Gasteiger partial charge >= 0.3 is 0 Å². The number of carbonyl (C=O) groups is 2. The van der Waals surface area contributed by atoms with E-state index in [1.54, 1.807) is 44.4 Å². The molecular formula is C21H18ClFN4O2. The maximum atomic E-state index is 14.5. The number of benzene rings is 2. The Bertz CT molecular complexity index is 1150. The van der Waals surface area contributed by atoms with Gasteiger partial charge in [-0.25, -0.2) is 4.39 Å². The molecule has 0 saturated heterocycles. The number of aromatic amines is 1. The van der Waals surface area contributed by atoms with Gasteiger partial charge in [-0.3, -0.25) is 14.7 Å². The van der Waals surface area contributed by atoms with Crippen LogP contribution < -0.4 is 5.32 Å². The Morgan fingerprint density at radius 3 is 2.76 bits per heavy atom. The molecule has 1 aromatic heterocycles. The summed E-state index contributed by atoms with van der Waals surface area (Å²) in [6.07, 6.45) is 1.69. The Labute approximate surface area is 171 Å². The van der Waals surface area contributed by atoms with Crippen molar-refractivity contribution in [3.63, 3.8) is 0 Å². The first-order valence-electron chi connectivity index (χ1n) is 9.02. The molecule has 2 amide bonds. The van der Waals surface area contributed by atoms with Crippen molar-refractivity contribution >= 4 is 40.0 Å². The summed E-state index contributed by atoms with van der Waals surface area (Å²) in [5, 5.41) is 10.5. The lowest BCUT2D eigenvalue weighted by atomic mass is 9.83. The van der Waals surface area contributed by atoms with Gasteiger partial charge in [-0.1, -0.05) is 23.7 Å². The molecule has 2 heterocycles. The van der Waals surface area contributed by atoms with Gasteiger partial charge in [-0.05, 0) is 30.7 Å². The minimum atomic E-state index is -0.573. The van der Waals surface area contributed by atoms with Gasteiger partial charge in [-0.15, -0.1) is 0 Å². The Morgan fingerprint density at radius 1 is 1.31 bits per heavy atom. The van der Waals surface area contributed by atoms with Crippen molar-refractivity contribution in [2.45, 2.75) is 19.3 Å². The van der Waals surface area contributed by atoms with E-state index >= 15 is 0 Å². The van der Waals surface area contributed by atoms with Crippen LogP contribution in [0, 0.1) is 5.82 Å². The van der Waals surface area contributed by atoms with Crippen LogP contribution in [0.4, 0.5) is 10.1 Å². The largest absolute Gasteiger partial charge is 0.320 e. The molecule has 6 nitrogen and oxygen atoms in total. The van der Waals surface area contributed by atoms with Crippen LogP contribution in [0.1, 0.15) is 24.8 Å². The van der Waals surface area contributed by atoms with Crippen molar-refractivity contribution in [3.05, 3.63) is 70.3 Å². The van der Waals surface area contributed by atoms with Gasteiger partial charge in [0.05, 0.1) is 17.4 Å². The van der Waals surface area contributed by atoms with Crippen molar-refractivity contribution in [1.82, 2.24) is 15.1 Å².